The number of aliphatic imine (C=N–C) groups is 1. The van der Waals surface area contributed by atoms with Crippen LogP contribution >= 0.6 is 0 Å². The van der Waals surface area contributed by atoms with Gasteiger partial charge >= 0.3 is 6.03 Å². The summed E-state index contributed by atoms with van der Waals surface area (Å²) in [6, 6.07) is 5.84. The lowest BCUT2D eigenvalue weighted by molar-refractivity contribution is 0.0773. The molecule has 7 heteroatoms. The zero-order valence-corrected chi connectivity index (χ0v) is 11.6. The number of primary amides is 1. The van der Waals surface area contributed by atoms with Crippen molar-refractivity contribution in [2.75, 3.05) is 13.1 Å². The highest BCUT2D eigenvalue weighted by atomic mass is 16.2. The standard InChI is InChI=1S/C13H19N5O2/c1-3-18(4-2)11(19)9-5-7-10(8-6-9)16-12(14)17-13(15)20/h5-8H,3-4H2,1-2H3,(H5,14,15,16,17,20). The van der Waals surface area contributed by atoms with Crippen molar-refractivity contribution >= 4 is 23.6 Å². The average molecular weight is 277 g/mol. The van der Waals surface area contributed by atoms with Crippen LogP contribution in [0.1, 0.15) is 24.2 Å². The average Bonchev–Trinajstić information content (AvgIpc) is 2.39. The van der Waals surface area contributed by atoms with E-state index in [1.165, 1.54) is 0 Å². The smallest absolute Gasteiger partial charge is 0.318 e. The fourth-order valence-corrected chi connectivity index (χ4v) is 1.67. The van der Waals surface area contributed by atoms with E-state index < -0.39 is 6.03 Å². The molecule has 0 aliphatic heterocycles. The van der Waals surface area contributed by atoms with Gasteiger partial charge in [-0.1, -0.05) is 0 Å². The van der Waals surface area contributed by atoms with Crippen LogP contribution in [0.4, 0.5) is 10.5 Å². The van der Waals surface area contributed by atoms with Gasteiger partial charge in [-0.15, -0.1) is 0 Å². The summed E-state index contributed by atoms with van der Waals surface area (Å²) in [5.41, 5.74) is 11.5. The molecule has 0 spiro atoms. The SMILES string of the molecule is CCN(CC)C(=O)c1ccc(N=C(N)NC(N)=O)cc1. The number of urea groups is 1. The minimum atomic E-state index is -0.778. The summed E-state index contributed by atoms with van der Waals surface area (Å²) >= 11 is 0. The number of guanidine groups is 1. The van der Waals surface area contributed by atoms with E-state index in [1.807, 2.05) is 13.8 Å². The molecule has 0 aliphatic rings. The van der Waals surface area contributed by atoms with Gasteiger partial charge in [0.25, 0.3) is 5.91 Å². The number of hydrogen-bond acceptors (Lipinski definition) is 3. The Kier molecular flexibility index (Phi) is 5.52. The first-order valence-electron chi connectivity index (χ1n) is 6.27. The maximum atomic E-state index is 12.1. The second-order valence-corrected chi connectivity index (χ2v) is 4.01. The molecule has 1 rings (SSSR count). The summed E-state index contributed by atoms with van der Waals surface area (Å²) in [6.45, 7) is 5.17. The number of carbonyl (C=O) groups is 2. The van der Waals surface area contributed by atoms with Crippen molar-refractivity contribution in [2.45, 2.75) is 13.8 Å². The molecule has 1 aromatic carbocycles. The first-order valence-corrected chi connectivity index (χ1v) is 6.27. The number of carbonyl (C=O) groups excluding carboxylic acids is 2. The largest absolute Gasteiger partial charge is 0.369 e. The Morgan fingerprint density at radius 1 is 1.15 bits per heavy atom. The predicted molar refractivity (Wildman–Crippen MR) is 77.7 cm³/mol. The molecule has 0 heterocycles. The third-order valence-electron chi connectivity index (χ3n) is 2.67. The summed E-state index contributed by atoms with van der Waals surface area (Å²) in [5.74, 6) is -0.130. The maximum Gasteiger partial charge on any atom is 0.318 e. The number of nitrogens with one attached hydrogen (secondary N) is 1. The van der Waals surface area contributed by atoms with Gasteiger partial charge in [-0.25, -0.2) is 9.79 Å². The van der Waals surface area contributed by atoms with E-state index in [0.717, 1.165) is 0 Å². The van der Waals surface area contributed by atoms with Crippen LogP contribution in [0.3, 0.4) is 0 Å². The van der Waals surface area contributed by atoms with E-state index in [-0.39, 0.29) is 11.9 Å². The summed E-state index contributed by atoms with van der Waals surface area (Å²) < 4.78 is 0. The zero-order valence-electron chi connectivity index (χ0n) is 11.6. The van der Waals surface area contributed by atoms with Crippen LogP contribution in [0.5, 0.6) is 0 Å². The minimum absolute atomic E-state index is 0.0336. The maximum absolute atomic E-state index is 12.1. The Bertz CT molecular complexity index is 506. The summed E-state index contributed by atoms with van der Waals surface area (Å²) in [5, 5.41) is 2.16. The molecule has 3 amide bonds. The first kappa shape index (κ1) is 15.5. The monoisotopic (exact) mass is 277 g/mol. The molecule has 108 valence electrons. The normalized spacial score (nSPS) is 11.0. The molecule has 0 bridgehead atoms. The highest BCUT2D eigenvalue weighted by Crippen LogP contribution is 2.14. The predicted octanol–water partition coefficient (Wildman–Crippen LogP) is 0.783. The molecule has 0 saturated heterocycles. The third kappa shape index (κ3) is 4.27. The van der Waals surface area contributed by atoms with Gasteiger partial charge in [-0.3, -0.25) is 10.1 Å². The summed E-state index contributed by atoms with van der Waals surface area (Å²) in [6.07, 6.45) is 0. The topological polar surface area (TPSA) is 114 Å². The lowest BCUT2D eigenvalue weighted by atomic mass is 10.2. The van der Waals surface area contributed by atoms with Gasteiger partial charge in [0, 0.05) is 18.7 Å². The van der Waals surface area contributed by atoms with Gasteiger partial charge in [0.2, 0.25) is 5.96 Å². The van der Waals surface area contributed by atoms with Crippen LogP contribution in [-0.4, -0.2) is 35.9 Å². The number of hydrogen-bond donors (Lipinski definition) is 3. The highest BCUT2D eigenvalue weighted by Gasteiger charge is 2.11. The van der Waals surface area contributed by atoms with Crippen LogP contribution in [0.15, 0.2) is 29.3 Å². The van der Waals surface area contributed by atoms with Gasteiger partial charge in [0.15, 0.2) is 0 Å². The van der Waals surface area contributed by atoms with E-state index in [4.69, 9.17) is 11.5 Å². The molecule has 5 N–H and O–H groups in total. The Morgan fingerprint density at radius 2 is 1.70 bits per heavy atom. The fraction of sp³-hybridized carbons (Fsp3) is 0.308. The molecular formula is C13H19N5O2. The van der Waals surface area contributed by atoms with E-state index in [1.54, 1.807) is 29.2 Å². The van der Waals surface area contributed by atoms with Gasteiger partial charge in [-0.2, -0.15) is 0 Å². The van der Waals surface area contributed by atoms with Gasteiger partial charge in [0.1, 0.15) is 0 Å². The summed E-state index contributed by atoms with van der Waals surface area (Å²) in [4.78, 5) is 28.3. The van der Waals surface area contributed by atoms with Gasteiger partial charge in [0.05, 0.1) is 5.69 Å². The molecule has 0 atom stereocenters. The van der Waals surface area contributed by atoms with Crippen molar-refractivity contribution in [1.29, 1.82) is 0 Å². The number of nitrogens with zero attached hydrogens (tertiary/aromatic N) is 2. The number of nitrogens with two attached hydrogens (primary N) is 2. The Hall–Kier alpha value is -2.57. The molecule has 0 saturated carbocycles. The molecule has 0 radical (unpaired) electrons. The fourth-order valence-electron chi connectivity index (χ4n) is 1.67. The van der Waals surface area contributed by atoms with Crippen LogP contribution in [-0.2, 0) is 0 Å². The van der Waals surface area contributed by atoms with Crippen LogP contribution in [0.25, 0.3) is 0 Å². The van der Waals surface area contributed by atoms with Crippen LogP contribution in [0.2, 0.25) is 0 Å². The summed E-state index contributed by atoms with van der Waals surface area (Å²) in [7, 11) is 0. The molecule has 0 aliphatic carbocycles. The Labute approximate surface area is 117 Å². The Morgan fingerprint density at radius 3 is 2.15 bits per heavy atom. The van der Waals surface area contributed by atoms with Crippen molar-refractivity contribution in [3.8, 4) is 0 Å². The lowest BCUT2D eigenvalue weighted by Crippen LogP contribution is -2.39. The van der Waals surface area contributed by atoms with E-state index in [0.29, 0.717) is 24.3 Å². The first-order chi connectivity index (χ1) is 9.47. The van der Waals surface area contributed by atoms with Crippen molar-refractivity contribution < 1.29 is 9.59 Å². The van der Waals surface area contributed by atoms with Crippen molar-refractivity contribution in [3.05, 3.63) is 29.8 Å². The van der Waals surface area contributed by atoms with Gasteiger partial charge < -0.3 is 16.4 Å². The molecule has 1 aromatic rings. The zero-order chi connectivity index (χ0) is 15.1. The quantitative estimate of drug-likeness (QED) is 0.558. The van der Waals surface area contributed by atoms with E-state index in [2.05, 4.69) is 10.3 Å². The molecule has 0 fully saturated rings. The van der Waals surface area contributed by atoms with Crippen molar-refractivity contribution in [1.82, 2.24) is 10.2 Å². The Balaban J connectivity index is 2.83. The minimum Gasteiger partial charge on any atom is -0.369 e. The number of amides is 3. The molecular weight excluding hydrogens is 258 g/mol. The molecule has 20 heavy (non-hydrogen) atoms. The van der Waals surface area contributed by atoms with Gasteiger partial charge in [-0.05, 0) is 38.1 Å². The van der Waals surface area contributed by atoms with Crippen LogP contribution in [0, 0.1) is 0 Å². The third-order valence-corrected chi connectivity index (χ3v) is 2.67. The number of rotatable bonds is 4. The molecule has 7 nitrogen and oxygen atoms in total. The molecule has 0 unspecified atom stereocenters. The number of benzene rings is 1. The lowest BCUT2D eigenvalue weighted by Gasteiger charge is -2.18. The molecule has 0 aromatic heterocycles. The second-order valence-electron chi connectivity index (χ2n) is 4.01. The van der Waals surface area contributed by atoms with E-state index >= 15 is 0 Å². The van der Waals surface area contributed by atoms with Crippen LogP contribution < -0.4 is 16.8 Å². The van der Waals surface area contributed by atoms with Crippen molar-refractivity contribution in [3.63, 3.8) is 0 Å². The second kappa shape index (κ2) is 7.13. The van der Waals surface area contributed by atoms with Crippen molar-refractivity contribution in [2.24, 2.45) is 16.5 Å². The highest BCUT2D eigenvalue weighted by molar-refractivity contribution is 5.96. The van der Waals surface area contributed by atoms with E-state index in [9.17, 15) is 9.59 Å².